The standard InChI is InChI=1S/C13H22O5/c1-5-16-12(14)10(2)11(3)17-18-13(15-4)8-6-7-9-13/h11H,2,5-9H2,1,3-4H3. The monoisotopic (exact) mass is 258 g/mol. The molecular formula is C13H22O5. The minimum Gasteiger partial charge on any atom is -0.463 e. The molecule has 0 aliphatic heterocycles. The summed E-state index contributed by atoms with van der Waals surface area (Å²) < 4.78 is 10.2. The second-order valence-corrected chi connectivity index (χ2v) is 4.39. The smallest absolute Gasteiger partial charge is 0.336 e. The molecule has 1 unspecified atom stereocenters. The second-order valence-electron chi connectivity index (χ2n) is 4.39. The van der Waals surface area contributed by atoms with E-state index in [0.717, 1.165) is 25.7 Å². The Kier molecular flexibility index (Phi) is 5.78. The zero-order chi connectivity index (χ0) is 13.6. The number of hydrogen-bond acceptors (Lipinski definition) is 5. The van der Waals surface area contributed by atoms with Gasteiger partial charge in [-0.2, -0.15) is 0 Å². The third-order valence-electron chi connectivity index (χ3n) is 3.11. The van der Waals surface area contributed by atoms with Crippen LogP contribution in [0.4, 0.5) is 0 Å². The molecule has 0 amide bonds. The van der Waals surface area contributed by atoms with Gasteiger partial charge in [0.25, 0.3) is 0 Å². The topological polar surface area (TPSA) is 54.0 Å². The summed E-state index contributed by atoms with van der Waals surface area (Å²) in [5.74, 6) is -1.14. The third-order valence-corrected chi connectivity index (χ3v) is 3.11. The van der Waals surface area contributed by atoms with Crippen molar-refractivity contribution >= 4 is 5.97 Å². The lowest BCUT2D eigenvalue weighted by Crippen LogP contribution is -2.33. The summed E-state index contributed by atoms with van der Waals surface area (Å²) in [5.41, 5.74) is 0.237. The Bertz CT molecular complexity index is 294. The van der Waals surface area contributed by atoms with Crippen LogP contribution in [0.5, 0.6) is 0 Å². The number of carbonyl (C=O) groups excluding carboxylic acids is 1. The molecule has 1 fully saturated rings. The van der Waals surface area contributed by atoms with Crippen molar-refractivity contribution in [2.75, 3.05) is 13.7 Å². The fraction of sp³-hybridized carbons (Fsp3) is 0.769. The van der Waals surface area contributed by atoms with E-state index in [-0.39, 0.29) is 5.57 Å². The molecule has 18 heavy (non-hydrogen) atoms. The first-order chi connectivity index (χ1) is 8.54. The fourth-order valence-corrected chi connectivity index (χ4v) is 1.84. The first-order valence-corrected chi connectivity index (χ1v) is 6.30. The van der Waals surface area contributed by atoms with Gasteiger partial charge in [-0.05, 0) is 26.7 Å². The summed E-state index contributed by atoms with van der Waals surface area (Å²) in [6.45, 7) is 7.39. The number of methoxy groups -OCH3 is 1. The van der Waals surface area contributed by atoms with Crippen LogP contribution in [0.15, 0.2) is 12.2 Å². The van der Waals surface area contributed by atoms with Crippen LogP contribution >= 0.6 is 0 Å². The van der Waals surface area contributed by atoms with Crippen LogP contribution in [0.1, 0.15) is 39.5 Å². The number of esters is 1. The summed E-state index contributed by atoms with van der Waals surface area (Å²) in [5, 5.41) is 0. The van der Waals surface area contributed by atoms with Crippen LogP contribution in [-0.2, 0) is 24.0 Å². The molecule has 0 saturated heterocycles. The third kappa shape index (κ3) is 3.80. The van der Waals surface area contributed by atoms with E-state index in [2.05, 4.69) is 6.58 Å². The minimum absolute atomic E-state index is 0.237. The molecule has 0 aromatic carbocycles. The molecule has 5 heteroatoms. The van der Waals surface area contributed by atoms with Crippen LogP contribution in [0.2, 0.25) is 0 Å². The molecule has 104 valence electrons. The number of ether oxygens (including phenoxy) is 2. The molecule has 5 nitrogen and oxygen atoms in total. The van der Waals surface area contributed by atoms with Gasteiger partial charge in [-0.1, -0.05) is 6.58 Å². The van der Waals surface area contributed by atoms with E-state index >= 15 is 0 Å². The maximum atomic E-state index is 11.4. The Morgan fingerprint density at radius 2 is 2.00 bits per heavy atom. The van der Waals surface area contributed by atoms with Gasteiger partial charge in [0.1, 0.15) is 6.10 Å². The molecule has 0 aromatic heterocycles. The normalized spacial score (nSPS) is 19.5. The Morgan fingerprint density at radius 3 is 2.50 bits per heavy atom. The Balaban J connectivity index is 2.42. The van der Waals surface area contributed by atoms with E-state index in [1.165, 1.54) is 0 Å². The van der Waals surface area contributed by atoms with E-state index < -0.39 is 17.9 Å². The number of hydrogen-bond donors (Lipinski definition) is 0. The van der Waals surface area contributed by atoms with Crippen molar-refractivity contribution in [1.82, 2.24) is 0 Å². The molecule has 1 aliphatic carbocycles. The lowest BCUT2D eigenvalue weighted by atomic mass is 10.2. The van der Waals surface area contributed by atoms with E-state index in [9.17, 15) is 4.79 Å². The maximum Gasteiger partial charge on any atom is 0.336 e. The van der Waals surface area contributed by atoms with Crippen molar-refractivity contribution in [2.24, 2.45) is 0 Å². The van der Waals surface area contributed by atoms with Crippen molar-refractivity contribution in [3.05, 3.63) is 12.2 Å². The number of carbonyl (C=O) groups is 1. The largest absolute Gasteiger partial charge is 0.463 e. The summed E-state index contributed by atoms with van der Waals surface area (Å²) in [6.07, 6.45) is 3.12. The first kappa shape index (κ1) is 15.1. The highest BCUT2D eigenvalue weighted by atomic mass is 17.2. The van der Waals surface area contributed by atoms with E-state index in [0.29, 0.717) is 6.61 Å². The molecule has 1 rings (SSSR count). The lowest BCUT2D eigenvalue weighted by molar-refractivity contribution is -0.433. The average molecular weight is 258 g/mol. The van der Waals surface area contributed by atoms with Crippen LogP contribution in [-0.4, -0.2) is 31.6 Å². The summed E-state index contributed by atoms with van der Waals surface area (Å²) in [6, 6.07) is 0. The summed E-state index contributed by atoms with van der Waals surface area (Å²) >= 11 is 0. The van der Waals surface area contributed by atoms with Crippen molar-refractivity contribution in [3.8, 4) is 0 Å². The molecule has 1 saturated carbocycles. The van der Waals surface area contributed by atoms with E-state index in [4.69, 9.17) is 19.2 Å². The highest BCUT2D eigenvalue weighted by Gasteiger charge is 2.37. The van der Waals surface area contributed by atoms with Gasteiger partial charge in [-0.15, -0.1) is 0 Å². The predicted molar refractivity (Wildman–Crippen MR) is 65.6 cm³/mol. The van der Waals surface area contributed by atoms with Gasteiger partial charge in [-0.25, -0.2) is 14.6 Å². The first-order valence-electron chi connectivity index (χ1n) is 6.30. The number of rotatable bonds is 7. The average Bonchev–Trinajstić information content (AvgIpc) is 2.84. The van der Waals surface area contributed by atoms with Crippen LogP contribution < -0.4 is 0 Å². The molecule has 1 aliphatic rings. The van der Waals surface area contributed by atoms with Crippen LogP contribution in [0.3, 0.4) is 0 Å². The molecule has 0 aromatic rings. The Morgan fingerprint density at radius 1 is 1.39 bits per heavy atom. The second kappa shape index (κ2) is 6.87. The van der Waals surface area contributed by atoms with Gasteiger partial charge < -0.3 is 9.47 Å². The SMILES string of the molecule is C=C(C(=O)OCC)C(C)OOC1(OC)CCCC1. The van der Waals surface area contributed by atoms with Gasteiger partial charge in [0, 0.05) is 20.0 Å². The molecule has 0 radical (unpaired) electrons. The molecule has 0 N–H and O–H groups in total. The summed E-state index contributed by atoms with van der Waals surface area (Å²) in [4.78, 5) is 22.0. The molecule has 0 heterocycles. The van der Waals surface area contributed by atoms with Gasteiger partial charge in [-0.3, -0.25) is 0 Å². The summed E-state index contributed by atoms with van der Waals surface area (Å²) in [7, 11) is 1.60. The molecular weight excluding hydrogens is 236 g/mol. The molecule has 0 bridgehead atoms. The van der Waals surface area contributed by atoms with E-state index in [1.54, 1.807) is 21.0 Å². The van der Waals surface area contributed by atoms with Crippen LogP contribution in [0.25, 0.3) is 0 Å². The maximum absolute atomic E-state index is 11.4. The van der Waals surface area contributed by atoms with Gasteiger partial charge in [0.05, 0.1) is 12.2 Å². The van der Waals surface area contributed by atoms with Crippen molar-refractivity contribution in [1.29, 1.82) is 0 Å². The van der Waals surface area contributed by atoms with Crippen molar-refractivity contribution < 1.29 is 24.0 Å². The van der Waals surface area contributed by atoms with Gasteiger partial charge in [0.15, 0.2) is 0 Å². The zero-order valence-corrected chi connectivity index (χ0v) is 11.4. The predicted octanol–water partition coefficient (Wildman–Crippen LogP) is 2.36. The van der Waals surface area contributed by atoms with Crippen molar-refractivity contribution in [3.63, 3.8) is 0 Å². The van der Waals surface area contributed by atoms with Crippen molar-refractivity contribution in [2.45, 2.75) is 51.4 Å². The van der Waals surface area contributed by atoms with Crippen LogP contribution in [0, 0.1) is 0 Å². The van der Waals surface area contributed by atoms with Gasteiger partial charge in [0.2, 0.25) is 5.79 Å². The zero-order valence-electron chi connectivity index (χ0n) is 11.4. The Labute approximate surface area is 108 Å². The highest BCUT2D eigenvalue weighted by molar-refractivity contribution is 5.88. The minimum atomic E-state index is -0.677. The lowest BCUT2D eigenvalue weighted by Gasteiger charge is -2.27. The van der Waals surface area contributed by atoms with Gasteiger partial charge >= 0.3 is 5.97 Å². The quantitative estimate of drug-likeness (QED) is 0.231. The molecule has 1 atom stereocenters. The highest BCUT2D eigenvalue weighted by Crippen LogP contribution is 2.34. The van der Waals surface area contributed by atoms with E-state index in [1.807, 2.05) is 0 Å². The fourth-order valence-electron chi connectivity index (χ4n) is 1.84. The Hall–Kier alpha value is -0.910. The molecule has 0 spiro atoms.